The number of aromatic nitrogens is 2. The topological polar surface area (TPSA) is 158 Å². The average molecular weight is 614 g/mol. The fraction of sp³-hybridized carbons (Fsp3) is 0.423. The monoisotopic (exact) mass is 613 g/mol. The van der Waals surface area contributed by atoms with Gasteiger partial charge >= 0.3 is 19.4 Å². The van der Waals surface area contributed by atoms with Gasteiger partial charge in [0.15, 0.2) is 6.23 Å². The van der Waals surface area contributed by atoms with Crippen LogP contribution in [-0.4, -0.2) is 56.5 Å². The molecule has 41 heavy (non-hydrogen) atoms. The largest absolute Gasteiger partial charge is 0.462 e. The van der Waals surface area contributed by atoms with Crippen LogP contribution in [0.5, 0.6) is 5.75 Å². The van der Waals surface area contributed by atoms with Gasteiger partial charge in [0, 0.05) is 5.39 Å². The highest BCUT2D eigenvalue weighted by Gasteiger charge is 2.54. The van der Waals surface area contributed by atoms with Crippen molar-refractivity contribution in [1.82, 2.24) is 14.6 Å². The molecule has 1 aromatic heterocycles. The Kier molecular flexibility index (Phi) is 9.07. The number of rotatable bonds is 10. The van der Waals surface area contributed by atoms with Crippen LogP contribution in [0.15, 0.2) is 58.3 Å². The molecule has 1 fully saturated rings. The van der Waals surface area contributed by atoms with E-state index in [1.807, 2.05) is 18.2 Å². The van der Waals surface area contributed by atoms with Crippen LogP contribution in [0.1, 0.15) is 33.9 Å². The molecular formula is C26H30ClFN3O9P. The third-order valence-electron chi connectivity index (χ3n) is 6.33. The molecule has 1 aliphatic rings. The second-order valence-electron chi connectivity index (χ2n) is 9.96. The average Bonchev–Trinajstić information content (AvgIpc) is 3.13. The van der Waals surface area contributed by atoms with E-state index < -0.39 is 72.8 Å². The second-order valence-corrected chi connectivity index (χ2v) is 12.5. The summed E-state index contributed by atoms with van der Waals surface area (Å²) in [6, 6.07) is 11.1. The van der Waals surface area contributed by atoms with E-state index in [0.717, 1.165) is 5.39 Å². The fourth-order valence-electron chi connectivity index (χ4n) is 4.28. The molecule has 4 rings (SSSR count). The van der Waals surface area contributed by atoms with Gasteiger partial charge in [-0.15, -0.1) is 11.6 Å². The lowest BCUT2D eigenvalue weighted by molar-refractivity contribution is -0.149. The smallest absolute Gasteiger partial charge is 0.459 e. The van der Waals surface area contributed by atoms with E-state index in [1.54, 1.807) is 43.1 Å². The standard InChI is InChI=1S/C26H30ClFN3O9P/c1-14(2)38-23(34)15(3)30-41(36,40-19-11-7-9-16-8-5-6-10-17(16)19)37-13-20-21(32)26(4,27)24(39-20)31-12-18(28)22(33)29-25(31)35/h5-12,14-15,20-21,24,32H,13H2,1-4H3,(H,30,36)(H,29,33,35). The molecule has 0 saturated carbocycles. The quantitative estimate of drug-likeness (QED) is 0.176. The van der Waals surface area contributed by atoms with Crippen molar-refractivity contribution in [3.63, 3.8) is 0 Å². The van der Waals surface area contributed by atoms with Crippen LogP contribution in [0.4, 0.5) is 4.39 Å². The lowest BCUT2D eigenvalue weighted by atomic mass is 10.0. The number of hydrogen-bond donors (Lipinski definition) is 3. The first kappa shape index (κ1) is 30.9. The van der Waals surface area contributed by atoms with Crippen molar-refractivity contribution in [2.45, 2.75) is 63.2 Å². The molecule has 0 amide bonds. The van der Waals surface area contributed by atoms with Gasteiger partial charge in [0.2, 0.25) is 5.82 Å². The number of aliphatic hydroxyl groups excluding tert-OH is 1. The molecule has 0 radical (unpaired) electrons. The second kappa shape index (κ2) is 12.0. The molecular weight excluding hydrogens is 584 g/mol. The first-order chi connectivity index (χ1) is 19.2. The summed E-state index contributed by atoms with van der Waals surface area (Å²) in [5.74, 6) is -1.80. The summed E-state index contributed by atoms with van der Waals surface area (Å²) in [5, 5.41) is 14.9. The molecule has 0 bridgehead atoms. The molecule has 12 nitrogen and oxygen atoms in total. The zero-order valence-corrected chi connectivity index (χ0v) is 24.2. The van der Waals surface area contributed by atoms with E-state index in [4.69, 9.17) is 30.1 Å². The van der Waals surface area contributed by atoms with Crippen LogP contribution in [0.25, 0.3) is 10.8 Å². The van der Waals surface area contributed by atoms with Gasteiger partial charge in [0.25, 0.3) is 5.56 Å². The number of H-pyrrole nitrogens is 1. The number of ether oxygens (including phenoxy) is 2. The minimum absolute atomic E-state index is 0.187. The number of carbonyl (C=O) groups excluding carboxylic acids is 1. The number of benzene rings is 2. The Morgan fingerprint density at radius 2 is 1.93 bits per heavy atom. The minimum atomic E-state index is -4.40. The van der Waals surface area contributed by atoms with Crippen LogP contribution in [0.2, 0.25) is 0 Å². The Balaban J connectivity index is 1.61. The predicted molar refractivity (Wildman–Crippen MR) is 147 cm³/mol. The maximum atomic E-state index is 14.1. The number of aromatic amines is 1. The maximum Gasteiger partial charge on any atom is 0.459 e. The number of esters is 1. The van der Waals surface area contributed by atoms with Crippen LogP contribution < -0.4 is 20.9 Å². The number of halogens is 2. The van der Waals surface area contributed by atoms with E-state index in [9.17, 15) is 28.4 Å². The van der Waals surface area contributed by atoms with Crippen LogP contribution >= 0.6 is 19.3 Å². The zero-order chi connectivity index (χ0) is 30.1. The molecule has 6 unspecified atom stereocenters. The molecule has 6 atom stereocenters. The summed E-state index contributed by atoms with van der Waals surface area (Å²) >= 11 is 6.52. The van der Waals surface area contributed by atoms with Gasteiger partial charge in [-0.05, 0) is 39.1 Å². The fourth-order valence-corrected chi connectivity index (χ4v) is 6.09. The number of nitrogens with one attached hydrogen (secondary N) is 2. The lowest BCUT2D eigenvalue weighted by Crippen LogP contribution is -2.43. The van der Waals surface area contributed by atoms with Crippen molar-refractivity contribution in [3.8, 4) is 5.75 Å². The highest BCUT2D eigenvalue weighted by molar-refractivity contribution is 7.52. The van der Waals surface area contributed by atoms with Crippen molar-refractivity contribution >= 4 is 36.1 Å². The molecule has 15 heteroatoms. The van der Waals surface area contributed by atoms with E-state index >= 15 is 0 Å². The van der Waals surface area contributed by atoms with Gasteiger partial charge in [-0.3, -0.25) is 23.7 Å². The third kappa shape index (κ3) is 6.72. The Hall–Kier alpha value is -3.06. The number of aliphatic hydroxyl groups is 1. The van der Waals surface area contributed by atoms with Crippen LogP contribution in [0.3, 0.4) is 0 Å². The van der Waals surface area contributed by atoms with E-state index in [1.165, 1.54) is 13.8 Å². The molecule has 3 aromatic rings. The van der Waals surface area contributed by atoms with Crippen molar-refractivity contribution < 1.29 is 37.4 Å². The summed E-state index contributed by atoms with van der Waals surface area (Å²) in [4.78, 5) is 36.4. The molecule has 0 spiro atoms. The van der Waals surface area contributed by atoms with Gasteiger partial charge < -0.3 is 19.1 Å². The van der Waals surface area contributed by atoms with Crippen LogP contribution in [0, 0.1) is 5.82 Å². The molecule has 222 valence electrons. The lowest BCUT2D eigenvalue weighted by Gasteiger charge is -2.26. The molecule has 1 aliphatic heterocycles. The zero-order valence-electron chi connectivity index (χ0n) is 22.6. The first-order valence-electron chi connectivity index (χ1n) is 12.7. The first-order valence-corrected chi connectivity index (χ1v) is 14.6. The van der Waals surface area contributed by atoms with E-state index in [-0.39, 0.29) is 5.75 Å². The Morgan fingerprint density at radius 3 is 2.63 bits per heavy atom. The third-order valence-corrected chi connectivity index (χ3v) is 8.37. The summed E-state index contributed by atoms with van der Waals surface area (Å²) in [5.41, 5.74) is -2.25. The normalized spacial score (nSPS) is 24.7. The number of fused-ring (bicyclic) bond motifs is 1. The van der Waals surface area contributed by atoms with Gasteiger partial charge in [0.1, 0.15) is 28.9 Å². The summed E-state index contributed by atoms with van der Waals surface area (Å²) in [6.07, 6.45) is -4.09. The van der Waals surface area contributed by atoms with Gasteiger partial charge in [-0.25, -0.2) is 9.36 Å². The molecule has 2 heterocycles. The Labute approximate surface area is 238 Å². The summed E-state index contributed by atoms with van der Waals surface area (Å²) in [6.45, 7) is 5.48. The molecule has 0 aliphatic carbocycles. The maximum absolute atomic E-state index is 14.1. The minimum Gasteiger partial charge on any atom is -0.462 e. The predicted octanol–water partition coefficient (Wildman–Crippen LogP) is 3.22. The summed E-state index contributed by atoms with van der Waals surface area (Å²) < 4.78 is 51.2. The highest BCUT2D eigenvalue weighted by Crippen LogP contribution is 2.49. The summed E-state index contributed by atoms with van der Waals surface area (Å²) in [7, 11) is -4.40. The van der Waals surface area contributed by atoms with Gasteiger partial charge in [0.05, 0.1) is 18.9 Å². The van der Waals surface area contributed by atoms with Crippen molar-refractivity contribution in [2.24, 2.45) is 0 Å². The number of nitrogens with zero attached hydrogens (tertiary/aromatic N) is 1. The van der Waals surface area contributed by atoms with E-state index in [2.05, 4.69) is 5.09 Å². The van der Waals surface area contributed by atoms with Crippen molar-refractivity contribution in [3.05, 3.63) is 75.3 Å². The number of hydrogen-bond acceptors (Lipinski definition) is 9. The highest BCUT2D eigenvalue weighted by atomic mass is 35.5. The SMILES string of the molecule is CC(C)OC(=O)C(C)NP(=O)(OCC1OC(n2cc(F)c(=O)[nH]c2=O)C(C)(Cl)C1O)Oc1cccc2ccccc12. The Bertz CT molecular complexity index is 1590. The van der Waals surface area contributed by atoms with Gasteiger partial charge in [-0.1, -0.05) is 36.4 Å². The van der Waals surface area contributed by atoms with Gasteiger partial charge in [-0.2, -0.15) is 9.48 Å². The van der Waals surface area contributed by atoms with E-state index in [0.29, 0.717) is 16.2 Å². The number of carbonyl (C=O) groups is 1. The van der Waals surface area contributed by atoms with Crippen LogP contribution in [-0.2, 0) is 23.4 Å². The Morgan fingerprint density at radius 1 is 1.24 bits per heavy atom. The number of alkyl halides is 1. The molecule has 3 N–H and O–H groups in total. The molecule has 1 saturated heterocycles. The van der Waals surface area contributed by atoms with Crippen molar-refractivity contribution in [2.75, 3.05) is 6.61 Å². The molecule has 2 aromatic carbocycles. The van der Waals surface area contributed by atoms with Crippen molar-refractivity contribution in [1.29, 1.82) is 0 Å².